The molecule has 1 aromatic carbocycles. The van der Waals surface area contributed by atoms with Crippen LogP contribution < -0.4 is 10.1 Å². The number of aryl methyl sites for hydroxylation is 1. The molecule has 3 heterocycles. The molecule has 5 rings (SSSR count). The zero-order chi connectivity index (χ0) is 28.4. The van der Waals surface area contributed by atoms with Crippen LogP contribution in [0.25, 0.3) is 0 Å². The monoisotopic (exact) mass is 566 g/mol. The van der Waals surface area contributed by atoms with Crippen LogP contribution in [0.4, 0.5) is 0 Å². The van der Waals surface area contributed by atoms with Crippen molar-refractivity contribution in [3.05, 3.63) is 76.4 Å². The van der Waals surface area contributed by atoms with Crippen LogP contribution in [-0.4, -0.2) is 76.6 Å². The van der Waals surface area contributed by atoms with Crippen LogP contribution in [0, 0.1) is 6.92 Å². The maximum absolute atomic E-state index is 12.8. The standard InChI is InChI=1S/C28H34N6O5S/c1-19-21(16-30-27(35)25-15-24(20-7-8-20)31-32(25)2)5-4-6-26(19)39-18-23-10-9-22(17-29-23)28(36)33-11-13-34(14-12-33)40(3,37)38/h4-6,9-10,15,17,20H,7-8,11-14,16,18H2,1-3H3,(H,30,35). The van der Waals surface area contributed by atoms with Crippen molar-refractivity contribution in [2.24, 2.45) is 7.05 Å². The maximum Gasteiger partial charge on any atom is 0.269 e. The van der Waals surface area contributed by atoms with Gasteiger partial charge in [0.15, 0.2) is 0 Å². The van der Waals surface area contributed by atoms with Gasteiger partial charge in [0.2, 0.25) is 10.0 Å². The molecule has 12 heteroatoms. The average molecular weight is 567 g/mol. The van der Waals surface area contributed by atoms with Crippen molar-refractivity contribution < 1.29 is 22.7 Å². The minimum atomic E-state index is -3.25. The number of carbonyl (C=O) groups excluding carboxylic acids is 2. The third-order valence-corrected chi connectivity index (χ3v) is 8.71. The third kappa shape index (κ3) is 6.34. The Kier molecular flexibility index (Phi) is 7.90. The van der Waals surface area contributed by atoms with Crippen LogP contribution in [0.1, 0.15) is 62.1 Å². The van der Waals surface area contributed by atoms with E-state index in [4.69, 9.17) is 4.74 Å². The van der Waals surface area contributed by atoms with E-state index in [1.165, 1.54) is 16.8 Å². The second-order valence-corrected chi connectivity index (χ2v) is 12.3. The first-order chi connectivity index (χ1) is 19.1. The SMILES string of the molecule is Cc1c(CNC(=O)c2cc(C3CC3)nn2C)cccc1OCc1ccc(C(=O)N2CCN(S(C)(=O)=O)CC2)cn1. The summed E-state index contributed by atoms with van der Waals surface area (Å²) < 4.78 is 32.4. The molecule has 0 spiro atoms. The molecular formula is C28H34N6O5S. The van der Waals surface area contributed by atoms with Crippen molar-refractivity contribution in [2.45, 2.75) is 38.8 Å². The molecule has 2 fully saturated rings. The van der Waals surface area contributed by atoms with E-state index in [1.54, 1.807) is 28.8 Å². The summed E-state index contributed by atoms with van der Waals surface area (Å²) in [5.74, 6) is 0.839. The molecule has 3 aromatic rings. The smallest absolute Gasteiger partial charge is 0.269 e. The summed E-state index contributed by atoms with van der Waals surface area (Å²) in [5.41, 5.74) is 4.52. The molecule has 2 amide bonds. The molecular weight excluding hydrogens is 532 g/mol. The molecule has 1 aliphatic carbocycles. The fraction of sp³-hybridized carbons (Fsp3) is 0.429. The highest BCUT2D eigenvalue weighted by Gasteiger charge is 2.28. The van der Waals surface area contributed by atoms with Gasteiger partial charge in [0.25, 0.3) is 11.8 Å². The largest absolute Gasteiger partial charge is 0.487 e. The molecule has 1 saturated carbocycles. The normalized spacial score (nSPS) is 16.1. The van der Waals surface area contributed by atoms with Gasteiger partial charge in [-0.2, -0.15) is 9.40 Å². The van der Waals surface area contributed by atoms with Crippen molar-refractivity contribution in [3.8, 4) is 5.75 Å². The molecule has 1 N–H and O–H groups in total. The molecule has 2 aliphatic rings. The van der Waals surface area contributed by atoms with Crippen molar-refractivity contribution in [3.63, 3.8) is 0 Å². The zero-order valence-electron chi connectivity index (χ0n) is 23.0. The fourth-order valence-electron chi connectivity index (χ4n) is 4.75. The second-order valence-electron chi connectivity index (χ2n) is 10.4. The fourth-order valence-corrected chi connectivity index (χ4v) is 5.57. The Hall–Kier alpha value is -3.77. The lowest BCUT2D eigenvalue weighted by Gasteiger charge is -2.33. The molecule has 2 aromatic heterocycles. The Balaban J connectivity index is 1.14. The van der Waals surface area contributed by atoms with Crippen molar-refractivity contribution in [1.82, 2.24) is 29.3 Å². The van der Waals surface area contributed by atoms with E-state index >= 15 is 0 Å². The molecule has 212 valence electrons. The first-order valence-electron chi connectivity index (χ1n) is 13.3. The number of amides is 2. The van der Waals surface area contributed by atoms with E-state index in [1.807, 2.05) is 31.2 Å². The summed E-state index contributed by atoms with van der Waals surface area (Å²) in [6.45, 7) is 3.79. The van der Waals surface area contributed by atoms with Crippen LogP contribution in [0.5, 0.6) is 5.75 Å². The lowest BCUT2D eigenvalue weighted by molar-refractivity contribution is 0.0697. The first kappa shape index (κ1) is 27.8. The number of nitrogens with zero attached hydrogens (tertiary/aromatic N) is 5. The number of hydrogen-bond donors (Lipinski definition) is 1. The molecule has 1 aliphatic heterocycles. The average Bonchev–Trinajstić information content (AvgIpc) is 3.72. The van der Waals surface area contributed by atoms with E-state index in [0.29, 0.717) is 48.3 Å². The summed E-state index contributed by atoms with van der Waals surface area (Å²) in [6, 6.07) is 11.1. The number of carbonyl (C=O) groups is 2. The van der Waals surface area contributed by atoms with Crippen LogP contribution in [0.2, 0.25) is 0 Å². The molecule has 0 atom stereocenters. The Morgan fingerprint density at radius 3 is 2.50 bits per heavy atom. The number of nitrogens with one attached hydrogen (secondary N) is 1. The molecule has 40 heavy (non-hydrogen) atoms. The number of ether oxygens (including phenoxy) is 1. The van der Waals surface area contributed by atoms with Crippen molar-refractivity contribution in [2.75, 3.05) is 32.4 Å². The lowest BCUT2D eigenvalue weighted by atomic mass is 10.1. The van der Waals surface area contributed by atoms with E-state index in [2.05, 4.69) is 15.4 Å². The van der Waals surface area contributed by atoms with Gasteiger partial charge in [0, 0.05) is 51.9 Å². The Morgan fingerprint density at radius 1 is 1.10 bits per heavy atom. The first-order valence-corrected chi connectivity index (χ1v) is 15.2. The third-order valence-electron chi connectivity index (χ3n) is 7.40. The van der Waals surface area contributed by atoms with Gasteiger partial charge in [-0.05, 0) is 55.2 Å². The van der Waals surface area contributed by atoms with Gasteiger partial charge in [-0.15, -0.1) is 0 Å². The van der Waals surface area contributed by atoms with Gasteiger partial charge in [0.1, 0.15) is 18.1 Å². The van der Waals surface area contributed by atoms with E-state index in [0.717, 1.165) is 29.7 Å². The van der Waals surface area contributed by atoms with Crippen LogP contribution in [0.3, 0.4) is 0 Å². The van der Waals surface area contributed by atoms with E-state index in [-0.39, 0.29) is 31.5 Å². The second kappa shape index (κ2) is 11.4. The van der Waals surface area contributed by atoms with Gasteiger partial charge in [-0.25, -0.2) is 8.42 Å². The van der Waals surface area contributed by atoms with Crippen LogP contribution in [-0.2, 0) is 30.2 Å². The van der Waals surface area contributed by atoms with Gasteiger partial charge < -0.3 is 15.0 Å². The quantitative estimate of drug-likeness (QED) is 0.421. The Morgan fingerprint density at radius 2 is 1.85 bits per heavy atom. The summed E-state index contributed by atoms with van der Waals surface area (Å²) in [5, 5.41) is 7.46. The van der Waals surface area contributed by atoms with Crippen molar-refractivity contribution >= 4 is 21.8 Å². The Bertz CT molecular complexity index is 1510. The van der Waals surface area contributed by atoms with E-state index in [9.17, 15) is 18.0 Å². The molecule has 0 bridgehead atoms. The minimum absolute atomic E-state index is 0.163. The maximum atomic E-state index is 12.8. The number of hydrogen-bond acceptors (Lipinski definition) is 7. The summed E-state index contributed by atoms with van der Waals surface area (Å²) in [4.78, 5) is 31.6. The summed E-state index contributed by atoms with van der Waals surface area (Å²) >= 11 is 0. The zero-order valence-corrected chi connectivity index (χ0v) is 23.8. The van der Waals surface area contributed by atoms with Gasteiger partial charge >= 0.3 is 0 Å². The number of piperazine rings is 1. The van der Waals surface area contributed by atoms with Gasteiger partial charge in [-0.1, -0.05) is 12.1 Å². The van der Waals surface area contributed by atoms with Crippen molar-refractivity contribution in [1.29, 1.82) is 0 Å². The number of rotatable bonds is 9. The molecule has 0 unspecified atom stereocenters. The Labute approximate surface area is 234 Å². The highest BCUT2D eigenvalue weighted by atomic mass is 32.2. The van der Waals surface area contributed by atoms with Gasteiger partial charge in [-0.3, -0.25) is 19.3 Å². The van der Waals surface area contributed by atoms with Crippen LogP contribution in [0.15, 0.2) is 42.6 Å². The minimum Gasteiger partial charge on any atom is -0.487 e. The molecule has 1 saturated heterocycles. The highest BCUT2D eigenvalue weighted by molar-refractivity contribution is 7.88. The lowest BCUT2D eigenvalue weighted by Crippen LogP contribution is -2.50. The summed E-state index contributed by atoms with van der Waals surface area (Å²) in [7, 11) is -1.46. The highest BCUT2D eigenvalue weighted by Crippen LogP contribution is 2.39. The van der Waals surface area contributed by atoms with E-state index < -0.39 is 10.0 Å². The predicted octanol–water partition coefficient (Wildman–Crippen LogP) is 2.23. The predicted molar refractivity (Wildman–Crippen MR) is 148 cm³/mol. The van der Waals surface area contributed by atoms with Gasteiger partial charge in [0.05, 0.1) is 23.2 Å². The van der Waals surface area contributed by atoms with Crippen LogP contribution >= 0.6 is 0 Å². The number of aromatic nitrogens is 3. The molecule has 11 nitrogen and oxygen atoms in total. The molecule has 0 radical (unpaired) electrons. The topological polar surface area (TPSA) is 127 Å². The number of benzene rings is 1. The number of sulfonamides is 1. The number of pyridine rings is 1. The summed E-state index contributed by atoms with van der Waals surface area (Å²) in [6.07, 6.45) is 4.97.